The van der Waals surface area contributed by atoms with E-state index in [1.165, 1.54) is 83.5 Å². The Morgan fingerprint density at radius 1 is 0.704 bits per heavy atom. The zero-order chi connectivity index (χ0) is 20.2. The lowest BCUT2D eigenvalue weighted by Crippen LogP contribution is -2.15. The minimum Gasteiger partial charge on any atom is -0.481 e. The van der Waals surface area contributed by atoms with Crippen LogP contribution >= 0.6 is 0 Å². The van der Waals surface area contributed by atoms with Crippen molar-refractivity contribution >= 4 is 11.9 Å². The molecule has 0 heterocycles. The maximum atomic E-state index is 11.6. The lowest BCUT2D eigenvalue weighted by Gasteiger charge is -2.13. The molecule has 4 heteroatoms. The molecule has 0 aromatic heterocycles. The van der Waals surface area contributed by atoms with Crippen molar-refractivity contribution in [2.24, 2.45) is 0 Å². The number of rotatable bonds is 20. The largest absolute Gasteiger partial charge is 0.481 e. The van der Waals surface area contributed by atoms with Gasteiger partial charge in [-0.1, -0.05) is 90.4 Å². The normalized spacial score (nSPS) is 12.1. The Labute approximate surface area is 167 Å². The Balaban J connectivity index is 3.27. The summed E-state index contributed by atoms with van der Waals surface area (Å²) in [4.78, 5) is 22.0. The van der Waals surface area contributed by atoms with Gasteiger partial charge in [-0.3, -0.25) is 9.59 Å². The zero-order valence-electron chi connectivity index (χ0n) is 18.0. The number of carboxylic acids is 1. The molecule has 0 aromatic rings. The van der Waals surface area contributed by atoms with Crippen LogP contribution in [0.25, 0.3) is 0 Å². The molecular weight excluding hydrogens is 340 g/mol. The lowest BCUT2D eigenvalue weighted by atomic mass is 10.0. The van der Waals surface area contributed by atoms with Gasteiger partial charge >= 0.3 is 11.9 Å². The molecular formula is C23H44O4. The van der Waals surface area contributed by atoms with Crippen LogP contribution in [0.5, 0.6) is 0 Å². The highest BCUT2D eigenvalue weighted by atomic mass is 16.5. The molecule has 0 aliphatic heterocycles. The number of esters is 1. The molecule has 1 unspecified atom stereocenters. The van der Waals surface area contributed by atoms with Crippen LogP contribution < -0.4 is 0 Å². The number of carbonyl (C=O) groups is 2. The van der Waals surface area contributed by atoms with E-state index in [9.17, 15) is 9.59 Å². The fourth-order valence-electron chi connectivity index (χ4n) is 3.35. The molecule has 27 heavy (non-hydrogen) atoms. The van der Waals surface area contributed by atoms with Crippen molar-refractivity contribution in [1.82, 2.24) is 0 Å². The Morgan fingerprint density at radius 2 is 1.15 bits per heavy atom. The van der Waals surface area contributed by atoms with E-state index in [1.54, 1.807) is 0 Å². The summed E-state index contributed by atoms with van der Waals surface area (Å²) in [5.74, 6) is -1.13. The van der Waals surface area contributed by atoms with Crippen molar-refractivity contribution < 1.29 is 19.4 Å². The Kier molecular flexibility index (Phi) is 18.9. The summed E-state index contributed by atoms with van der Waals surface area (Å²) < 4.78 is 5.31. The van der Waals surface area contributed by atoms with Crippen LogP contribution in [0.3, 0.4) is 0 Å². The van der Waals surface area contributed by atoms with E-state index in [0.717, 1.165) is 12.8 Å². The summed E-state index contributed by atoms with van der Waals surface area (Å²) in [6.45, 7) is 4.19. The maximum Gasteiger partial charge on any atom is 0.306 e. The van der Waals surface area contributed by atoms with Crippen LogP contribution in [0, 0.1) is 0 Å². The second-order valence-electron chi connectivity index (χ2n) is 7.93. The standard InChI is InChI=1S/C23H44O4/c1-3-4-5-6-7-8-9-10-11-12-13-14-15-16-18-21(2)27-23(26)20-17-19-22(24)25/h21H,3-20H2,1-2H3,(H,24,25). The van der Waals surface area contributed by atoms with Crippen LogP contribution in [0.4, 0.5) is 0 Å². The van der Waals surface area contributed by atoms with Crippen LogP contribution in [0.1, 0.15) is 129 Å². The third kappa shape index (κ3) is 21.1. The molecule has 0 aliphatic rings. The van der Waals surface area contributed by atoms with Crippen LogP contribution in [0.15, 0.2) is 0 Å². The highest BCUT2D eigenvalue weighted by Gasteiger charge is 2.10. The number of ether oxygens (including phenoxy) is 1. The highest BCUT2D eigenvalue weighted by molar-refractivity contribution is 5.71. The number of hydrogen-bond donors (Lipinski definition) is 1. The maximum absolute atomic E-state index is 11.6. The van der Waals surface area contributed by atoms with Gasteiger partial charge < -0.3 is 9.84 Å². The SMILES string of the molecule is CCCCCCCCCCCCCCCCC(C)OC(=O)CCCC(=O)O. The molecule has 0 spiro atoms. The minimum atomic E-state index is -0.863. The number of carboxylic acid groups (broad SMARTS) is 1. The van der Waals surface area contributed by atoms with Crippen molar-refractivity contribution in [3.8, 4) is 0 Å². The van der Waals surface area contributed by atoms with Gasteiger partial charge in [0, 0.05) is 12.8 Å². The second-order valence-corrected chi connectivity index (χ2v) is 7.93. The summed E-state index contributed by atoms with van der Waals surface area (Å²) in [6, 6.07) is 0. The molecule has 0 aliphatic carbocycles. The van der Waals surface area contributed by atoms with Gasteiger partial charge in [-0.2, -0.15) is 0 Å². The van der Waals surface area contributed by atoms with Crippen LogP contribution in [-0.2, 0) is 14.3 Å². The van der Waals surface area contributed by atoms with Crippen LogP contribution in [-0.4, -0.2) is 23.1 Å². The highest BCUT2D eigenvalue weighted by Crippen LogP contribution is 2.14. The first-order chi connectivity index (χ1) is 13.1. The molecule has 0 fully saturated rings. The summed E-state index contributed by atoms with van der Waals surface area (Å²) in [5.41, 5.74) is 0. The number of unbranched alkanes of at least 4 members (excludes halogenated alkanes) is 13. The Bertz CT molecular complexity index is 354. The Morgan fingerprint density at radius 3 is 1.59 bits per heavy atom. The molecule has 0 amide bonds. The molecule has 160 valence electrons. The van der Waals surface area contributed by atoms with E-state index in [0.29, 0.717) is 6.42 Å². The number of aliphatic carboxylic acids is 1. The molecule has 0 rings (SSSR count). The average Bonchev–Trinajstić information content (AvgIpc) is 2.61. The van der Waals surface area contributed by atoms with Gasteiger partial charge in [0.25, 0.3) is 0 Å². The summed E-state index contributed by atoms with van der Waals surface area (Å²) in [6.07, 6.45) is 20.3. The molecule has 0 bridgehead atoms. The fourth-order valence-corrected chi connectivity index (χ4v) is 3.35. The predicted molar refractivity (Wildman–Crippen MR) is 112 cm³/mol. The van der Waals surface area contributed by atoms with Gasteiger partial charge in [-0.15, -0.1) is 0 Å². The van der Waals surface area contributed by atoms with Crippen LogP contribution in [0.2, 0.25) is 0 Å². The summed E-state index contributed by atoms with van der Waals surface area (Å²) in [7, 11) is 0. The van der Waals surface area contributed by atoms with Crippen molar-refractivity contribution in [2.75, 3.05) is 0 Å². The van der Waals surface area contributed by atoms with Crippen molar-refractivity contribution in [3.05, 3.63) is 0 Å². The first kappa shape index (κ1) is 25.9. The summed E-state index contributed by atoms with van der Waals surface area (Å²) in [5, 5.41) is 8.55. The van der Waals surface area contributed by atoms with Crippen molar-refractivity contribution in [1.29, 1.82) is 0 Å². The van der Waals surface area contributed by atoms with E-state index >= 15 is 0 Å². The first-order valence-corrected chi connectivity index (χ1v) is 11.5. The molecule has 0 aromatic carbocycles. The molecule has 0 radical (unpaired) electrons. The zero-order valence-corrected chi connectivity index (χ0v) is 18.0. The van der Waals surface area contributed by atoms with Gasteiger partial charge in [-0.05, 0) is 26.2 Å². The smallest absolute Gasteiger partial charge is 0.306 e. The number of carbonyl (C=O) groups excluding carboxylic acids is 1. The third-order valence-corrected chi connectivity index (χ3v) is 5.07. The minimum absolute atomic E-state index is 0.0302. The van der Waals surface area contributed by atoms with Gasteiger partial charge in [0.05, 0.1) is 6.10 Å². The fraction of sp³-hybridized carbons (Fsp3) is 0.913. The molecule has 0 saturated heterocycles. The third-order valence-electron chi connectivity index (χ3n) is 5.07. The molecule has 0 saturated carbocycles. The molecule has 1 N–H and O–H groups in total. The van der Waals surface area contributed by atoms with Gasteiger partial charge in [-0.25, -0.2) is 0 Å². The van der Waals surface area contributed by atoms with Crippen molar-refractivity contribution in [2.45, 2.75) is 136 Å². The summed E-state index contributed by atoms with van der Waals surface area (Å²) >= 11 is 0. The van der Waals surface area contributed by atoms with Gasteiger partial charge in [0.15, 0.2) is 0 Å². The predicted octanol–water partition coefficient (Wildman–Crippen LogP) is 7.04. The van der Waals surface area contributed by atoms with E-state index in [2.05, 4.69) is 6.92 Å². The van der Waals surface area contributed by atoms with E-state index in [4.69, 9.17) is 9.84 Å². The van der Waals surface area contributed by atoms with E-state index in [1.807, 2.05) is 6.92 Å². The quantitative estimate of drug-likeness (QED) is 0.180. The Hall–Kier alpha value is -1.06. The lowest BCUT2D eigenvalue weighted by molar-refractivity contribution is -0.148. The topological polar surface area (TPSA) is 63.6 Å². The average molecular weight is 385 g/mol. The van der Waals surface area contributed by atoms with E-state index in [-0.39, 0.29) is 24.9 Å². The van der Waals surface area contributed by atoms with E-state index < -0.39 is 5.97 Å². The molecule has 4 nitrogen and oxygen atoms in total. The number of hydrogen-bond acceptors (Lipinski definition) is 3. The van der Waals surface area contributed by atoms with Crippen molar-refractivity contribution in [3.63, 3.8) is 0 Å². The first-order valence-electron chi connectivity index (χ1n) is 11.5. The van der Waals surface area contributed by atoms with Gasteiger partial charge in [0.2, 0.25) is 0 Å². The second kappa shape index (κ2) is 19.7. The van der Waals surface area contributed by atoms with Gasteiger partial charge in [0.1, 0.15) is 0 Å². The monoisotopic (exact) mass is 384 g/mol. The molecule has 1 atom stereocenters.